The molecule has 0 aliphatic carbocycles. The average Bonchev–Trinajstić information content (AvgIpc) is 2.27. The van der Waals surface area contributed by atoms with Crippen molar-refractivity contribution in [2.45, 2.75) is 25.9 Å². The molecule has 0 spiro atoms. The quantitative estimate of drug-likeness (QED) is 0.815. The van der Waals surface area contributed by atoms with Crippen molar-refractivity contribution in [3.05, 3.63) is 30.1 Å². The summed E-state index contributed by atoms with van der Waals surface area (Å²) < 4.78 is 0. The van der Waals surface area contributed by atoms with Crippen molar-refractivity contribution in [2.75, 3.05) is 7.05 Å². The molecule has 1 aromatic heterocycles. The van der Waals surface area contributed by atoms with Gasteiger partial charge < -0.3 is 5.11 Å². The highest BCUT2D eigenvalue weighted by Crippen LogP contribution is 2.19. The third-order valence-electron chi connectivity index (χ3n) is 2.77. The molecule has 0 aromatic carbocycles. The molecule has 2 atom stereocenters. The zero-order chi connectivity index (χ0) is 11.4. The molecule has 0 radical (unpaired) electrons. The summed E-state index contributed by atoms with van der Waals surface area (Å²) in [5.41, 5.74) is 1.07. The van der Waals surface area contributed by atoms with E-state index in [1.807, 2.05) is 31.0 Å². The van der Waals surface area contributed by atoms with E-state index in [1.54, 1.807) is 19.3 Å². The van der Waals surface area contributed by atoms with Gasteiger partial charge in [-0.2, -0.15) is 0 Å². The Morgan fingerprint density at radius 1 is 1.40 bits per heavy atom. The van der Waals surface area contributed by atoms with Gasteiger partial charge in [-0.1, -0.05) is 0 Å². The van der Waals surface area contributed by atoms with E-state index < -0.39 is 12.0 Å². The fraction of sp³-hybridized carbons (Fsp3) is 0.455. The molecule has 0 amide bonds. The number of likely N-dealkylation sites (N-methyl/N-ethyl adjacent to an activating group) is 1. The van der Waals surface area contributed by atoms with Gasteiger partial charge in [0, 0.05) is 18.4 Å². The first-order chi connectivity index (χ1) is 7.04. The molecule has 4 heteroatoms. The Bertz CT molecular complexity index is 327. The van der Waals surface area contributed by atoms with Crippen LogP contribution in [0.1, 0.15) is 25.5 Å². The lowest BCUT2D eigenvalue weighted by atomic mass is 10.1. The summed E-state index contributed by atoms with van der Waals surface area (Å²) in [7, 11) is 1.81. The largest absolute Gasteiger partial charge is 0.480 e. The van der Waals surface area contributed by atoms with Crippen LogP contribution in [0.15, 0.2) is 24.5 Å². The standard InChI is InChI=1S/C11H16N2O2/c1-8(10-4-6-12-7-5-10)13(3)9(2)11(14)15/h4-9H,1-3H3,(H,14,15). The highest BCUT2D eigenvalue weighted by Gasteiger charge is 2.22. The summed E-state index contributed by atoms with van der Waals surface area (Å²) in [4.78, 5) is 16.6. The number of rotatable bonds is 4. The Morgan fingerprint density at radius 2 is 1.93 bits per heavy atom. The van der Waals surface area contributed by atoms with Crippen LogP contribution >= 0.6 is 0 Å². The molecular weight excluding hydrogens is 192 g/mol. The van der Waals surface area contributed by atoms with Gasteiger partial charge >= 0.3 is 5.97 Å². The highest BCUT2D eigenvalue weighted by atomic mass is 16.4. The zero-order valence-electron chi connectivity index (χ0n) is 9.21. The first-order valence-corrected chi connectivity index (χ1v) is 4.88. The lowest BCUT2D eigenvalue weighted by Crippen LogP contribution is -2.37. The fourth-order valence-electron chi connectivity index (χ4n) is 1.39. The summed E-state index contributed by atoms with van der Waals surface area (Å²) in [5, 5.41) is 8.89. The minimum Gasteiger partial charge on any atom is -0.480 e. The van der Waals surface area contributed by atoms with Gasteiger partial charge in [-0.3, -0.25) is 14.7 Å². The van der Waals surface area contributed by atoms with E-state index in [0.29, 0.717) is 0 Å². The highest BCUT2D eigenvalue weighted by molar-refractivity contribution is 5.72. The lowest BCUT2D eigenvalue weighted by Gasteiger charge is -2.28. The molecular formula is C11H16N2O2. The molecule has 0 bridgehead atoms. The van der Waals surface area contributed by atoms with Crippen molar-refractivity contribution >= 4 is 5.97 Å². The molecule has 0 saturated heterocycles. The van der Waals surface area contributed by atoms with Crippen molar-refractivity contribution < 1.29 is 9.90 Å². The van der Waals surface area contributed by atoms with Crippen molar-refractivity contribution in [3.8, 4) is 0 Å². The van der Waals surface area contributed by atoms with Crippen molar-refractivity contribution in [2.24, 2.45) is 0 Å². The fourth-order valence-corrected chi connectivity index (χ4v) is 1.39. The molecule has 4 nitrogen and oxygen atoms in total. The molecule has 82 valence electrons. The Morgan fingerprint density at radius 3 is 2.40 bits per heavy atom. The van der Waals surface area contributed by atoms with Crippen LogP contribution in [0.3, 0.4) is 0 Å². The van der Waals surface area contributed by atoms with E-state index in [9.17, 15) is 4.79 Å². The monoisotopic (exact) mass is 208 g/mol. The van der Waals surface area contributed by atoms with E-state index in [1.165, 1.54) is 0 Å². The number of carboxylic acid groups (broad SMARTS) is 1. The lowest BCUT2D eigenvalue weighted by molar-refractivity contribution is -0.142. The first-order valence-electron chi connectivity index (χ1n) is 4.88. The Kier molecular flexibility index (Phi) is 3.80. The number of hydrogen-bond donors (Lipinski definition) is 1. The van der Waals surface area contributed by atoms with Gasteiger partial charge in [0.25, 0.3) is 0 Å². The van der Waals surface area contributed by atoms with Crippen LogP contribution in [-0.4, -0.2) is 34.0 Å². The topological polar surface area (TPSA) is 53.4 Å². The molecule has 0 fully saturated rings. The van der Waals surface area contributed by atoms with Crippen LogP contribution in [0.4, 0.5) is 0 Å². The Labute approximate surface area is 89.6 Å². The summed E-state index contributed by atoms with van der Waals surface area (Å²) in [6, 6.07) is 3.37. The molecule has 0 aliphatic heterocycles. The van der Waals surface area contributed by atoms with Crippen LogP contribution in [0.2, 0.25) is 0 Å². The van der Waals surface area contributed by atoms with Crippen LogP contribution in [0, 0.1) is 0 Å². The van der Waals surface area contributed by atoms with Crippen LogP contribution in [-0.2, 0) is 4.79 Å². The second kappa shape index (κ2) is 4.89. The summed E-state index contributed by atoms with van der Waals surface area (Å²) in [5.74, 6) is -0.807. The maximum Gasteiger partial charge on any atom is 0.320 e. The van der Waals surface area contributed by atoms with Crippen LogP contribution < -0.4 is 0 Å². The average molecular weight is 208 g/mol. The summed E-state index contributed by atoms with van der Waals surface area (Å²) in [6.45, 7) is 3.66. The SMILES string of the molecule is CC(C(=O)O)N(C)C(C)c1ccncc1. The number of hydrogen-bond acceptors (Lipinski definition) is 3. The van der Waals surface area contributed by atoms with E-state index in [-0.39, 0.29) is 6.04 Å². The summed E-state index contributed by atoms with van der Waals surface area (Å²) >= 11 is 0. The van der Waals surface area contributed by atoms with Gasteiger partial charge in [0.05, 0.1) is 0 Å². The van der Waals surface area contributed by atoms with E-state index in [4.69, 9.17) is 5.11 Å². The summed E-state index contributed by atoms with van der Waals surface area (Å²) in [6.07, 6.45) is 3.43. The smallest absolute Gasteiger partial charge is 0.320 e. The maximum atomic E-state index is 10.8. The molecule has 1 N–H and O–H groups in total. The number of carbonyl (C=O) groups is 1. The van der Waals surface area contributed by atoms with Gasteiger partial charge in [0.1, 0.15) is 6.04 Å². The minimum atomic E-state index is -0.807. The first kappa shape index (κ1) is 11.7. The second-order valence-corrected chi connectivity index (χ2v) is 3.64. The Balaban J connectivity index is 2.77. The molecule has 15 heavy (non-hydrogen) atoms. The normalized spacial score (nSPS) is 14.9. The van der Waals surface area contributed by atoms with Gasteiger partial charge in [0.15, 0.2) is 0 Å². The third kappa shape index (κ3) is 2.76. The van der Waals surface area contributed by atoms with Crippen LogP contribution in [0.5, 0.6) is 0 Å². The number of carboxylic acids is 1. The number of aliphatic carboxylic acids is 1. The van der Waals surface area contributed by atoms with Gasteiger partial charge in [-0.15, -0.1) is 0 Å². The van der Waals surface area contributed by atoms with E-state index in [0.717, 1.165) is 5.56 Å². The van der Waals surface area contributed by atoms with Crippen molar-refractivity contribution in [1.29, 1.82) is 0 Å². The van der Waals surface area contributed by atoms with E-state index in [2.05, 4.69) is 4.98 Å². The number of pyridine rings is 1. The molecule has 0 saturated carbocycles. The minimum absolute atomic E-state index is 0.0686. The third-order valence-corrected chi connectivity index (χ3v) is 2.77. The van der Waals surface area contributed by atoms with Gasteiger partial charge in [0.2, 0.25) is 0 Å². The van der Waals surface area contributed by atoms with Crippen molar-refractivity contribution in [3.63, 3.8) is 0 Å². The Hall–Kier alpha value is -1.42. The molecule has 0 aliphatic rings. The van der Waals surface area contributed by atoms with Crippen molar-refractivity contribution in [1.82, 2.24) is 9.88 Å². The second-order valence-electron chi connectivity index (χ2n) is 3.64. The maximum absolute atomic E-state index is 10.8. The number of aromatic nitrogens is 1. The number of nitrogens with zero attached hydrogens (tertiary/aromatic N) is 2. The zero-order valence-corrected chi connectivity index (χ0v) is 9.21. The molecule has 2 unspecified atom stereocenters. The van der Waals surface area contributed by atoms with Gasteiger partial charge in [-0.25, -0.2) is 0 Å². The predicted octanol–water partition coefficient (Wildman–Crippen LogP) is 1.55. The van der Waals surface area contributed by atoms with Gasteiger partial charge in [-0.05, 0) is 38.6 Å². The predicted molar refractivity (Wildman–Crippen MR) is 57.5 cm³/mol. The molecule has 1 rings (SSSR count). The molecule has 1 aromatic rings. The van der Waals surface area contributed by atoms with Crippen LogP contribution in [0.25, 0.3) is 0 Å². The molecule has 1 heterocycles. The van der Waals surface area contributed by atoms with E-state index >= 15 is 0 Å².